The molecule has 1 fully saturated rings. The molecular formula is C24H17BrN2O5S. The second-order valence-electron chi connectivity index (χ2n) is 7.16. The zero-order valence-electron chi connectivity index (χ0n) is 17.1. The molecule has 0 spiro atoms. The van der Waals surface area contributed by atoms with Gasteiger partial charge in [-0.25, -0.2) is 0 Å². The van der Waals surface area contributed by atoms with Gasteiger partial charge < -0.3 is 4.74 Å². The maximum atomic E-state index is 12.8. The maximum Gasteiger partial charge on any atom is 0.293 e. The second-order valence-corrected chi connectivity index (χ2v) is 9.00. The molecule has 0 aliphatic carbocycles. The van der Waals surface area contributed by atoms with Crippen LogP contribution in [0.5, 0.6) is 5.75 Å². The number of nitro groups is 1. The number of amides is 2. The summed E-state index contributed by atoms with van der Waals surface area (Å²) in [7, 11) is 0. The van der Waals surface area contributed by atoms with Gasteiger partial charge in [0.2, 0.25) is 0 Å². The minimum Gasteiger partial charge on any atom is -0.488 e. The van der Waals surface area contributed by atoms with Gasteiger partial charge in [0.15, 0.2) is 0 Å². The summed E-state index contributed by atoms with van der Waals surface area (Å²) in [4.78, 5) is 36.9. The molecule has 33 heavy (non-hydrogen) atoms. The number of halogens is 1. The molecule has 0 aromatic heterocycles. The molecule has 0 unspecified atom stereocenters. The number of carbonyl (C=O) groups excluding carboxylic acids is 2. The molecule has 0 saturated carbocycles. The van der Waals surface area contributed by atoms with Crippen LogP contribution in [0.25, 0.3) is 6.08 Å². The molecule has 166 valence electrons. The summed E-state index contributed by atoms with van der Waals surface area (Å²) in [6.45, 7) is 0.482. The number of ether oxygens (including phenoxy) is 1. The topological polar surface area (TPSA) is 89.8 Å². The highest BCUT2D eigenvalue weighted by molar-refractivity contribution is 9.10. The Kier molecular flexibility index (Phi) is 6.90. The van der Waals surface area contributed by atoms with Crippen molar-refractivity contribution in [1.82, 2.24) is 4.90 Å². The highest BCUT2D eigenvalue weighted by atomic mass is 79.9. The summed E-state index contributed by atoms with van der Waals surface area (Å²) in [5.74, 6) is 0.270. The molecule has 0 atom stereocenters. The molecule has 7 nitrogen and oxygen atoms in total. The first-order valence-corrected chi connectivity index (χ1v) is 11.5. The first kappa shape index (κ1) is 22.8. The quantitative estimate of drug-likeness (QED) is 0.208. The van der Waals surface area contributed by atoms with Gasteiger partial charge in [-0.15, -0.1) is 0 Å². The van der Waals surface area contributed by atoms with Gasteiger partial charge >= 0.3 is 0 Å². The maximum absolute atomic E-state index is 12.8. The van der Waals surface area contributed by atoms with Crippen molar-refractivity contribution in [2.24, 2.45) is 0 Å². The van der Waals surface area contributed by atoms with Crippen molar-refractivity contribution in [1.29, 1.82) is 0 Å². The molecule has 4 rings (SSSR count). The fourth-order valence-electron chi connectivity index (χ4n) is 3.15. The zero-order chi connectivity index (χ0) is 23.4. The van der Waals surface area contributed by atoms with E-state index in [9.17, 15) is 19.7 Å². The predicted molar refractivity (Wildman–Crippen MR) is 130 cm³/mol. The average Bonchev–Trinajstić information content (AvgIpc) is 3.07. The van der Waals surface area contributed by atoms with Gasteiger partial charge in [-0.2, -0.15) is 0 Å². The van der Waals surface area contributed by atoms with Gasteiger partial charge in [-0.3, -0.25) is 24.6 Å². The van der Waals surface area contributed by atoms with Crippen LogP contribution < -0.4 is 4.74 Å². The lowest BCUT2D eigenvalue weighted by Gasteiger charge is -2.12. The van der Waals surface area contributed by atoms with E-state index < -0.39 is 10.8 Å². The zero-order valence-corrected chi connectivity index (χ0v) is 19.5. The smallest absolute Gasteiger partial charge is 0.293 e. The van der Waals surface area contributed by atoms with Crippen molar-refractivity contribution < 1.29 is 19.2 Å². The van der Waals surface area contributed by atoms with Crippen molar-refractivity contribution >= 4 is 50.6 Å². The van der Waals surface area contributed by atoms with E-state index in [4.69, 9.17) is 4.74 Å². The lowest BCUT2D eigenvalue weighted by molar-refractivity contribution is -0.384. The molecule has 3 aromatic rings. The van der Waals surface area contributed by atoms with E-state index >= 15 is 0 Å². The van der Waals surface area contributed by atoms with Crippen LogP contribution in [0, 0.1) is 10.1 Å². The minimum atomic E-state index is -0.497. The van der Waals surface area contributed by atoms with Crippen LogP contribution >= 0.6 is 27.7 Å². The first-order chi connectivity index (χ1) is 15.9. The van der Waals surface area contributed by atoms with E-state index in [1.165, 1.54) is 24.3 Å². The summed E-state index contributed by atoms with van der Waals surface area (Å²) in [6.07, 6.45) is 1.66. The number of nitro benzene ring substituents is 1. The molecule has 1 heterocycles. The highest BCUT2D eigenvalue weighted by Crippen LogP contribution is 2.35. The molecule has 2 amide bonds. The fourth-order valence-corrected chi connectivity index (χ4v) is 4.50. The second kappa shape index (κ2) is 10.0. The molecule has 0 N–H and O–H groups in total. The standard InChI is InChI=1S/C24H17BrN2O5S/c25-20-12-18(8-11-21(20)32-15-17-4-2-1-3-5-17)13-22-23(28)26(24(29)33-22)14-16-6-9-19(10-7-16)27(30)31/h1-13H,14-15H2/b22-13+. The minimum absolute atomic E-state index is 0.0467. The number of hydrogen-bond acceptors (Lipinski definition) is 6. The third-order valence-electron chi connectivity index (χ3n) is 4.85. The van der Waals surface area contributed by atoms with Gasteiger partial charge in [-0.1, -0.05) is 48.5 Å². The van der Waals surface area contributed by atoms with E-state index in [2.05, 4.69) is 15.9 Å². The molecule has 3 aromatic carbocycles. The van der Waals surface area contributed by atoms with E-state index in [0.29, 0.717) is 22.8 Å². The molecular weight excluding hydrogens is 508 g/mol. The third-order valence-corrected chi connectivity index (χ3v) is 6.38. The number of benzene rings is 3. The van der Waals surface area contributed by atoms with Crippen molar-refractivity contribution in [2.75, 3.05) is 0 Å². The Bertz CT molecular complexity index is 1250. The summed E-state index contributed by atoms with van der Waals surface area (Å²) in [5, 5.41) is 10.4. The number of non-ortho nitro benzene ring substituents is 1. The van der Waals surface area contributed by atoms with Gasteiger partial charge in [0, 0.05) is 12.1 Å². The van der Waals surface area contributed by atoms with Crippen LogP contribution in [0.2, 0.25) is 0 Å². The number of imide groups is 1. The summed E-state index contributed by atoms with van der Waals surface area (Å²) >= 11 is 4.36. The Labute approximate surface area is 202 Å². The summed E-state index contributed by atoms with van der Waals surface area (Å²) < 4.78 is 6.58. The van der Waals surface area contributed by atoms with Crippen LogP contribution in [0.4, 0.5) is 10.5 Å². The SMILES string of the molecule is O=C1S/C(=C/c2ccc(OCc3ccccc3)c(Br)c2)C(=O)N1Cc1ccc([N+](=O)[O-])cc1. The molecule has 1 saturated heterocycles. The van der Waals surface area contributed by atoms with Gasteiger partial charge in [-0.05, 0) is 62.6 Å². The molecule has 1 aliphatic rings. The van der Waals surface area contributed by atoms with Gasteiger partial charge in [0.05, 0.1) is 20.8 Å². The number of rotatable bonds is 7. The van der Waals surface area contributed by atoms with Crippen molar-refractivity contribution in [3.63, 3.8) is 0 Å². The highest BCUT2D eigenvalue weighted by Gasteiger charge is 2.35. The predicted octanol–water partition coefficient (Wildman–Crippen LogP) is 6.17. The Morgan fingerprint density at radius 2 is 1.73 bits per heavy atom. The van der Waals surface area contributed by atoms with E-state index in [1.54, 1.807) is 12.1 Å². The molecule has 9 heteroatoms. The lowest BCUT2D eigenvalue weighted by atomic mass is 10.2. The van der Waals surface area contributed by atoms with Crippen molar-refractivity contribution in [3.8, 4) is 5.75 Å². The normalized spacial score (nSPS) is 14.7. The van der Waals surface area contributed by atoms with Crippen LogP contribution in [0.15, 0.2) is 82.2 Å². The fraction of sp³-hybridized carbons (Fsp3) is 0.0833. The molecule has 0 radical (unpaired) electrons. The summed E-state index contributed by atoms with van der Waals surface area (Å²) in [5.41, 5.74) is 2.38. The van der Waals surface area contributed by atoms with Crippen molar-refractivity contribution in [2.45, 2.75) is 13.2 Å². The molecule has 1 aliphatic heterocycles. The van der Waals surface area contributed by atoms with Crippen LogP contribution in [0.3, 0.4) is 0 Å². The Morgan fingerprint density at radius 3 is 2.39 bits per heavy atom. The Morgan fingerprint density at radius 1 is 1.00 bits per heavy atom. The Balaban J connectivity index is 1.44. The number of hydrogen-bond donors (Lipinski definition) is 0. The number of nitrogens with zero attached hydrogens (tertiary/aromatic N) is 2. The lowest BCUT2D eigenvalue weighted by Crippen LogP contribution is -2.27. The van der Waals surface area contributed by atoms with E-state index in [-0.39, 0.29) is 17.5 Å². The largest absolute Gasteiger partial charge is 0.488 e. The van der Waals surface area contributed by atoms with Gasteiger partial charge in [0.25, 0.3) is 16.8 Å². The average molecular weight is 525 g/mol. The Hall–Kier alpha value is -3.43. The van der Waals surface area contributed by atoms with Crippen LogP contribution in [-0.4, -0.2) is 21.0 Å². The van der Waals surface area contributed by atoms with Crippen molar-refractivity contribution in [3.05, 3.63) is 109 Å². The monoisotopic (exact) mass is 524 g/mol. The van der Waals surface area contributed by atoms with E-state index in [0.717, 1.165) is 32.3 Å². The summed E-state index contributed by atoms with van der Waals surface area (Å²) in [6, 6.07) is 21.0. The number of carbonyl (C=O) groups is 2. The molecule has 0 bridgehead atoms. The van der Waals surface area contributed by atoms with Gasteiger partial charge in [0.1, 0.15) is 12.4 Å². The number of thioether (sulfide) groups is 1. The van der Waals surface area contributed by atoms with E-state index in [1.807, 2.05) is 42.5 Å². The first-order valence-electron chi connectivity index (χ1n) is 9.86. The van der Waals surface area contributed by atoms with Crippen LogP contribution in [-0.2, 0) is 17.9 Å². The third kappa shape index (κ3) is 5.50. The van der Waals surface area contributed by atoms with Crippen LogP contribution in [0.1, 0.15) is 16.7 Å².